The number of rotatable bonds is 2. The number of carbonyl (C=O) groups is 1. The zero-order valence-corrected chi connectivity index (χ0v) is 9.32. The van der Waals surface area contributed by atoms with Crippen LogP contribution in [0.25, 0.3) is 0 Å². The summed E-state index contributed by atoms with van der Waals surface area (Å²) in [6.45, 7) is 6.09. The summed E-state index contributed by atoms with van der Waals surface area (Å²) in [6, 6.07) is -0.498. The van der Waals surface area contributed by atoms with Gasteiger partial charge in [0.2, 0.25) is 0 Å². The standard InChI is InChI=1S/C11H21NO2/c1-7-4-8(2)6-10(5-7)14-11(13)9(3)12/h7-10H,4-6,12H2,1-3H3/t7?,8?,9-,10?/m1/s1. The Morgan fingerprint density at radius 2 is 1.79 bits per heavy atom. The van der Waals surface area contributed by atoms with Gasteiger partial charge in [-0.25, -0.2) is 0 Å². The summed E-state index contributed by atoms with van der Waals surface area (Å²) >= 11 is 0. The second kappa shape index (κ2) is 4.78. The fourth-order valence-corrected chi connectivity index (χ4v) is 2.24. The molecule has 14 heavy (non-hydrogen) atoms. The molecule has 2 unspecified atom stereocenters. The maximum absolute atomic E-state index is 11.3. The maximum atomic E-state index is 11.3. The first-order chi connectivity index (χ1) is 6.49. The predicted molar refractivity (Wildman–Crippen MR) is 55.7 cm³/mol. The average Bonchev–Trinajstić information content (AvgIpc) is 2.01. The topological polar surface area (TPSA) is 52.3 Å². The molecule has 3 nitrogen and oxygen atoms in total. The van der Waals surface area contributed by atoms with Crippen LogP contribution in [0.1, 0.15) is 40.0 Å². The molecule has 0 aromatic rings. The van der Waals surface area contributed by atoms with Crippen molar-refractivity contribution in [3.63, 3.8) is 0 Å². The lowest BCUT2D eigenvalue weighted by Crippen LogP contribution is -2.35. The number of nitrogens with two attached hydrogens (primary N) is 1. The highest BCUT2D eigenvalue weighted by Gasteiger charge is 2.27. The third-order valence-corrected chi connectivity index (χ3v) is 2.79. The van der Waals surface area contributed by atoms with Gasteiger partial charge in [-0.15, -0.1) is 0 Å². The predicted octanol–water partition coefficient (Wildman–Crippen LogP) is 1.70. The average molecular weight is 199 g/mol. The van der Waals surface area contributed by atoms with Crippen molar-refractivity contribution < 1.29 is 9.53 Å². The zero-order valence-electron chi connectivity index (χ0n) is 9.32. The van der Waals surface area contributed by atoms with Crippen LogP contribution in [0.15, 0.2) is 0 Å². The van der Waals surface area contributed by atoms with Gasteiger partial charge in [0, 0.05) is 0 Å². The Morgan fingerprint density at radius 3 is 2.21 bits per heavy atom. The molecule has 0 aromatic carbocycles. The summed E-state index contributed by atoms with van der Waals surface area (Å²) in [5, 5.41) is 0. The van der Waals surface area contributed by atoms with Gasteiger partial charge in [-0.3, -0.25) is 4.79 Å². The van der Waals surface area contributed by atoms with E-state index in [0.717, 1.165) is 12.8 Å². The van der Waals surface area contributed by atoms with Gasteiger partial charge in [0.05, 0.1) is 0 Å². The SMILES string of the molecule is CC1CC(C)CC(OC(=O)[C@@H](C)N)C1. The lowest BCUT2D eigenvalue weighted by molar-refractivity contribution is -0.153. The molecular formula is C11H21NO2. The molecule has 1 fully saturated rings. The van der Waals surface area contributed by atoms with Crippen molar-refractivity contribution in [2.45, 2.75) is 52.2 Å². The highest BCUT2D eigenvalue weighted by atomic mass is 16.5. The van der Waals surface area contributed by atoms with Gasteiger partial charge < -0.3 is 10.5 Å². The third-order valence-electron chi connectivity index (χ3n) is 2.79. The number of esters is 1. The summed E-state index contributed by atoms with van der Waals surface area (Å²) in [7, 11) is 0. The minimum absolute atomic E-state index is 0.0900. The van der Waals surface area contributed by atoms with Gasteiger partial charge >= 0.3 is 5.97 Å². The first-order valence-electron chi connectivity index (χ1n) is 5.45. The van der Waals surface area contributed by atoms with Crippen LogP contribution < -0.4 is 5.73 Å². The Balaban J connectivity index is 2.40. The monoisotopic (exact) mass is 199 g/mol. The van der Waals surface area contributed by atoms with E-state index in [1.54, 1.807) is 6.92 Å². The summed E-state index contributed by atoms with van der Waals surface area (Å²) in [5.74, 6) is 1.05. The molecule has 82 valence electrons. The second-order valence-corrected chi connectivity index (χ2v) is 4.77. The smallest absolute Gasteiger partial charge is 0.322 e. The van der Waals surface area contributed by atoms with Gasteiger partial charge in [-0.05, 0) is 38.0 Å². The third kappa shape index (κ3) is 3.29. The summed E-state index contributed by atoms with van der Waals surface area (Å²) in [6.07, 6.45) is 3.31. The molecule has 0 amide bonds. The van der Waals surface area contributed by atoms with Crippen molar-refractivity contribution in [3.8, 4) is 0 Å². The van der Waals surface area contributed by atoms with Crippen LogP contribution in [-0.4, -0.2) is 18.1 Å². The maximum Gasteiger partial charge on any atom is 0.322 e. The molecule has 0 spiro atoms. The number of carbonyl (C=O) groups excluding carboxylic acids is 1. The Hall–Kier alpha value is -0.570. The van der Waals surface area contributed by atoms with Crippen LogP contribution in [0.5, 0.6) is 0 Å². The normalized spacial score (nSPS) is 35.0. The Morgan fingerprint density at radius 1 is 1.29 bits per heavy atom. The van der Waals surface area contributed by atoms with Gasteiger partial charge in [-0.2, -0.15) is 0 Å². The van der Waals surface area contributed by atoms with E-state index >= 15 is 0 Å². The Kier molecular flexibility index (Phi) is 3.93. The van der Waals surface area contributed by atoms with Crippen molar-refractivity contribution in [3.05, 3.63) is 0 Å². The summed E-state index contributed by atoms with van der Waals surface area (Å²) in [4.78, 5) is 11.3. The van der Waals surface area contributed by atoms with E-state index in [9.17, 15) is 4.79 Å². The van der Waals surface area contributed by atoms with Crippen molar-refractivity contribution in [2.24, 2.45) is 17.6 Å². The van der Waals surface area contributed by atoms with Crippen LogP contribution in [0.3, 0.4) is 0 Å². The summed E-state index contributed by atoms with van der Waals surface area (Å²) in [5.41, 5.74) is 5.45. The number of ether oxygens (including phenoxy) is 1. The minimum Gasteiger partial charge on any atom is -0.461 e. The highest BCUT2D eigenvalue weighted by molar-refractivity contribution is 5.75. The van der Waals surface area contributed by atoms with E-state index in [0.29, 0.717) is 11.8 Å². The molecule has 2 N–H and O–H groups in total. The number of hydrogen-bond donors (Lipinski definition) is 1. The number of hydrogen-bond acceptors (Lipinski definition) is 3. The highest BCUT2D eigenvalue weighted by Crippen LogP contribution is 2.30. The molecule has 1 aliphatic rings. The first-order valence-corrected chi connectivity index (χ1v) is 5.45. The van der Waals surface area contributed by atoms with Crippen molar-refractivity contribution >= 4 is 5.97 Å². The minimum atomic E-state index is -0.498. The van der Waals surface area contributed by atoms with Gasteiger partial charge in [0.15, 0.2) is 0 Å². The quantitative estimate of drug-likeness (QED) is 0.689. The molecule has 0 aromatic heterocycles. The van der Waals surface area contributed by atoms with Crippen LogP contribution in [0, 0.1) is 11.8 Å². The van der Waals surface area contributed by atoms with Crippen LogP contribution >= 0.6 is 0 Å². The zero-order chi connectivity index (χ0) is 10.7. The lowest BCUT2D eigenvalue weighted by atomic mass is 9.82. The van der Waals surface area contributed by atoms with Crippen LogP contribution in [-0.2, 0) is 9.53 Å². The largest absolute Gasteiger partial charge is 0.461 e. The molecule has 0 saturated heterocycles. The van der Waals surface area contributed by atoms with Gasteiger partial charge in [0.1, 0.15) is 12.1 Å². The van der Waals surface area contributed by atoms with E-state index in [1.807, 2.05) is 0 Å². The lowest BCUT2D eigenvalue weighted by Gasteiger charge is -2.31. The second-order valence-electron chi connectivity index (χ2n) is 4.77. The van der Waals surface area contributed by atoms with E-state index in [-0.39, 0.29) is 12.1 Å². The Bertz CT molecular complexity index is 193. The van der Waals surface area contributed by atoms with Crippen molar-refractivity contribution in [1.29, 1.82) is 0 Å². The van der Waals surface area contributed by atoms with E-state index in [4.69, 9.17) is 10.5 Å². The fraction of sp³-hybridized carbons (Fsp3) is 0.909. The van der Waals surface area contributed by atoms with Gasteiger partial charge in [-0.1, -0.05) is 13.8 Å². The van der Waals surface area contributed by atoms with E-state index in [1.165, 1.54) is 6.42 Å². The van der Waals surface area contributed by atoms with Crippen molar-refractivity contribution in [2.75, 3.05) is 0 Å². The molecule has 0 bridgehead atoms. The van der Waals surface area contributed by atoms with Crippen LogP contribution in [0.4, 0.5) is 0 Å². The summed E-state index contributed by atoms with van der Waals surface area (Å²) < 4.78 is 5.33. The molecule has 1 rings (SSSR count). The molecule has 0 radical (unpaired) electrons. The van der Waals surface area contributed by atoms with E-state index < -0.39 is 6.04 Å². The molecule has 3 heteroatoms. The molecule has 3 atom stereocenters. The molecule has 0 heterocycles. The fourth-order valence-electron chi connectivity index (χ4n) is 2.24. The first kappa shape index (κ1) is 11.5. The molecule has 0 aliphatic heterocycles. The van der Waals surface area contributed by atoms with Crippen LogP contribution in [0.2, 0.25) is 0 Å². The Labute approximate surface area is 86.0 Å². The molecule has 1 aliphatic carbocycles. The molecular weight excluding hydrogens is 178 g/mol. The van der Waals surface area contributed by atoms with E-state index in [2.05, 4.69) is 13.8 Å². The van der Waals surface area contributed by atoms with Crippen molar-refractivity contribution in [1.82, 2.24) is 0 Å². The van der Waals surface area contributed by atoms with Gasteiger partial charge in [0.25, 0.3) is 0 Å². The molecule has 1 saturated carbocycles.